The topological polar surface area (TPSA) is 49.4 Å². The fourth-order valence-corrected chi connectivity index (χ4v) is 2.00. The van der Waals surface area contributed by atoms with E-state index < -0.39 is 0 Å². The van der Waals surface area contributed by atoms with Crippen LogP contribution < -0.4 is 5.32 Å². The molecule has 16 heavy (non-hydrogen) atoms. The molecule has 1 rings (SSSR count). The van der Waals surface area contributed by atoms with Crippen LogP contribution >= 0.6 is 0 Å². The average molecular weight is 224 g/mol. The van der Waals surface area contributed by atoms with Gasteiger partial charge < -0.3 is 10.2 Å². The standard InChI is InChI=1S/C12H20N2O2/c1-3-8-13-12(16)10-7-5-6-9-14(10)11(15)4-2/h3,10H,1,4-9H2,2H3,(H,13,16)/t10-/m0/s1. The van der Waals surface area contributed by atoms with Crippen LogP contribution in [0.15, 0.2) is 12.7 Å². The van der Waals surface area contributed by atoms with Crippen molar-refractivity contribution in [2.45, 2.75) is 38.6 Å². The number of rotatable bonds is 4. The molecule has 2 amide bonds. The monoisotopic (exact) mass is 224 g/mol. The van der Waals surface area contributed by atoms with Crippen LogP contribution in [0.2, 0.25) is 0 Å². The molecule has 0 aromatic heterocycles. The van der Waals surface area contributed by atoms with Gasteiger partial charge in [-0.1, -0.05) is 13.0 Å². The number of hydrogen-bond donors (Lipinski definition) is 1. The quantitative estimate of drug-likeness (QED) is 0.726. The van der Waals surface area contributed by atoms with E-state index in [0.29, 0.717) is 19.5 Å². The van der Waals surface area contributed by atoms with Crippen molar-refractivity contribution in [3.63, 3.8) is 0 Å². The summed E-state index contributed by atoms with van der Waals surface area (Å²) in [5.41, 5.74) is 0. The lowest BCUT2D eigenvalue weighted by atomic mass is 10.0. The minimum atomic E-state index is -0.277. The van der Waals surface area contributed by atoms with Gasteiger partial charge in [0.05, 0.1) is 0 Å². The Bertz CT molecular complexity index is 276. The van der Waals surface area contributed by atoms with Crippen LogP contribution in [-0.2, 0) is 9.59 Å². The minimum Gasteiger partial charge on any atom is -0.351 e. The predicted molar refractivity (Wildman–Crippen MR) is 62.8 cm³/mol. The van der Waals surface area contributed by atoms with Gasteiger partial charge in [0.2, 0.25) is 11.8 Å². The lowest BCUT2D eigenvalue weighted by Crippen LogP contribution is -2.51. The molecule has 0 aliphatic carbocycles. The first-order chi connectivity index (χ1) is 7.70. The highest BCUT2D eigenvalue weighted by atomic mass is 16.2. The van der Waals surface area contributed by atoms with E-state index in [9.17, 15) is 9.59 Å². The molecule has 0 saturated carbocycles. The van der Waals surface area contributed by atoms with Crippen molar-refractivity contribution in [1.29, 1.82) is 0 Å². The number of nitrogens with zero attached hydrogens (tertiary/aromatic N) is 1. The molecule has 4 heteroatoms. The largest absolute Gasteiger partial charge is 0.351 e. The molecule has 0 bridgehead atoms. The van der Waals surface area contributed by atoms with Gasteiger partial charge in [-0.3, -0.25) is 9.59 Å². The maximum absolute atomic E-state index is 11.8. The van der Waals surface area contributed by atoms with Crippen molar-refractivity contribution in [2.75, 3.05) is 13.1 Å². The van der Waals surface area contributed by atoms with Crippen LogP contribution in [0.4, 0.5) is 0 Å². The molecule has 1 aliphatic rings. The lowest BCUT2D eigenvalue weighted by molar-refractivity contribution is -0.141. The van der Waals surface area contributed by atoms with Crippen LogP contribution in [0.3, 0.4) is 0 Å². The minimum absolute atomic E-state index is 0.0543. The molecule has 1 saturated heterocycles. The van der Waals surface area contributed by atoms with Gasteiger partial charge in [-0.2, -0.15) is 0 Å². The Labute approximate surface area is 96.7 Å². The first-order valence-corrected chi connectivity index (χ1v) is 5.88. The molecule has 1 aliphatic heterocycles. The highest BCUT2D eigenvalue weighted by Gasteiger charge is 2.30. The Morgan fingerprint density at radius 2 is 2.25 bits per heavy atom. The second-order valence-corrected chi connectivity index (χ2v) is 3.99. The van der Waals surface area contributed by atoms with Crippen molar-refractivity contribution in [3.05, 3.63) is 12.7 Å². The van der Waals surface area contributed by atoms with Crippen LogP contribution in [-0.4, -0.2) is 35.8 Å². The van der Waals surface area contributed by atoms with Gasteiger partial charge >= 0.3 is 0 Å². The van der Waals surface area contributed by atoms with Crippen LogP contribution in [0.25, 0.3) is 0 Å². The van der Waals surface area contributed by atoms with E-state index in [0.717, 1.165) is 19.3 Å². The molecule has 0 aromatic rings. The van der Waals surface area contributed by atoms with E-state index in [2.05, 4.69) is 11.9 Å². The second-order valence-electron chi connectivity index (χ2n) is 3.99. The molecule has 0 radical (unpaired) electrons. The van der Waals surface area contributed by atoms with E-state index in [4.69, 9.17) is 0 Å². The Morgan fingerprint density at radius 3 is 2.88 bits per heavy atom. The molecule has 90 valence electrons. The molecule has 4 nitrogen and oxygen atoms in total. The summed E-state index contributed by atoms with van der Waals surface area (Å²) in [6.45, 7) is 6.55. The third kappa shape index (κ3) is 3.08. The summed E-state index contributed by atoms with van der Waals surface area (Å²) in [7, 11) is 0. The maximum Gasteiger partial charge on any atom is 0.243 e. The average Bonchev–Trinajstić information content (AvgIpc) is 2.35. The third-order valence-electron chi connectivity index (χ3n) is 2.85. The normalized spacial score (nSPS) is 20.3. The molecule has 1 heterocycles. The van der Waals surface area contributed by atoms with E-state index >= 15 is 0 Å². The molecular weight excluding hydrogens is 204 g/mol. The van der Waals surface area contributed by atoms with Crippen LogP contribution in [0, 0.1) is 0 Å². The summed E-state index contributed by atoms with van der Waals surface area (Å²) < 4.78 is 0. The van der Waals surface area contributed by atoms with Gasteiger partial charge in [-0.05, 0) is 19.3 Å². The summed E-state index contributed by atoms with van der Waals surface area (Å²) in [6.07, 6.45) is 4.89. The van der Waals surface area contributed by atoms with Crippen LogP contribution in [0.5, 0.6) is 0 Å². The zero-order valence-electron chi connectivity index (χ0n) is 9.87. The summed E-state index contributed by atoms with van der Waals surface area (Å²) in [5.74, 6) is 0.0138. The summed E-state index contributed by atoms with van der Waals surface area (Å²) >= 11 is 0. The van der Waals surface area contributed by atoms with E-state index in [1.54, 1.807) is 11.0 Å². The Morgan fingerprint density at radius 1 is 1.50 bits per heavy atom. The fraction of sp³-hybridized carbons (Fsp3) is 0.667. The molecular formula is C12H20N2O2. The second kappa shape index (κ2) is 6.30. The van der Waals surface area contributed by atoms with E-state index in [-0.39, 0.29) is 17.9 Å². The SMILES string of the molecule is C=CCNC(=O)[C@@H]1CCCCN1C(=O)CC. The van der Waals surface area contributed by atoms with Crippen molar-refractivity contribution in [2.24, 2.45) is 0 Å². The summed E-state index contributed by atoms with van der Waals surface area (Å²) in [4.78, 5) is 25.2. The van der Waals surface area contributed by atoms with Crippen molar-refractivity contribution < 1.29 is 9.59 Å². The smallest absolute Gasteiger partial charge is 0.243 e. The number of hydrogen-bond acceptors (Lipinski definition) is 2. The first-order valence-electron chi connectivity index (χ1n) is 5.88. The van der Waals surface area contributed by atoms with Crippen LogP contribution in [0.1, 0.15) is 32.6 Å². The van der Waals surface area contributed by atoms with Gasteiger partial charge in [-0.15, -0.1) is 6.58 Å². The van der Waals surface area contributed by atoms with Gasteiger partial charge in [0, 0.05) is 19.5 Å². The molecule has 0 spiro atoms. The number of nitrogens with one attached hydrogen (secondary N) is 1. The Balaban J connectivity index is 2.62. The van der Waals surface area contributed by atoms with Crippen molar-refractivity contribution in [1.82, 2.24) is 10.2 Å². The number of likely N-dealkylation sites (tertiary alicyclic amines) is 1. The van der Waals surface area contributed by atoms with Gasteiger partial charge in [0.25, 0.3) is 0 Å². The predicted octanol–water partition coefficient (Wildman–Crippen LogP) is 1.08. The maximum atomic E-state index is 11.8. The van der Waals surface area contributed by atoms with Gasteiger partial charge in [0.15, 0.2) is 0 Å². The first kappa shape index (κ1) is 12.7. The Kier molecular flexibility index (Phi) is 5.02. The molecule has 1 fully saturated rings. The lowest BCUT2D eigenvalue weighted by Gasteiger charge is -2.34. The van der Waals surface area contributed by atoms with E-state index in [1.165, 1.54) is 0 Å². The Hall–Kier alpha value is -1.32. The molecule has 1 atom stereocenters. The van der Waals surface area contributed by atoms with Gasteiger partial charge in [-0.25, -0.2) is 0 Å². The van der Waals surface area contributed by atoms with Crippen molar-refractivity contribution >= 4 is 11.8 Å². The summed E-state index contributed by atoms with van der Waals surface area (Å²) in [6, 6.07) is -0.277. The van der Waals surface area contributed by atoms with Gasteiger partial charge in [0.1, 0.15) is 6.04 Å². The highest BCUT2D eigenvalue weighted by molar-refractivity contribution is 5.87. The van der Waals surface area contributed by atoms with Crippen molar-refractivity contribution in [3.8, 4) is 0 Å². The molecule has 0 aromatic carbocycles. The zero-order valence-corrected chi connectivity index (χ0v) is 9.87. The third-order valence-corrected chi connectivity index (χ3v) is 2.85. The molecule has 0 unspecified atom stereocenters. The number of carbonyl (C=O) groups is 2. The number of piperidine rings is 1. The van der Waals surface area contributed by atoms with E-state index in [1.807, 2.05) is 6.92 Å². The highest BCUT2D eigenvalue weighted by Crippen LogP contribution is 2.18. The number of carbonyl (C=O) groups excluding carboxylic acids is 2. The fourth-order valence-electron chi connectivity index (χ4n) is 2.00. The number of amides is 2. The zero-order chi connectivity index (χ0) is 12.0. The summed E-state index contributed by atoms with van der Waals surface area (Å²) in [5, 5.41) is 2.76. The molecule has 1 N–H and O–H groups in total.